The van der Waals surface area contributed by atoms with Crippen molar-refractivity contribution < 1.29 is 27.5 Å². The van der Waals surface area contributed by atoms with E-state index in [1.165, 1.54) is 24.1 Å². The summed E-state index contributed by atoms with van der Waals surface area (Å²) in [6, 6.07) is 3.87. The van der Waals surface area contributed by atoms with Crippen LogP contribution in [-0.4, -0.2) is 56.9 Å². The lowest BCUT2D eigenvalue weighted by molar-refractivity contribution is -0.123. The molecule has 6 nitrogen and oxygen atoms in total. The van der Waals surface area contributed by atoms with Crippen LogP contribution in [0.15, 0.2) is 18.2 Å². The van der Waals surface area contributed by atoms with Crippen LogP contribution in [0, 0.1) is 6.92 Å². The normalized spacial score (nSPS) is 11.1. The number of aryl methyl sites for hydroxylation is 1. The molecule has 0 radical (unpaired) electrons. The molecule has 1 aromatic rings. The number of nitrogens with one attached hydrogen (secondary N) is 2. The van der Waals surface area contributed by atoms with E-state index in [9.17, 15) is 22.8 Å². The Kier molecular flexibility index (Phi) is 7.02. The molecule has 0 aliphatic carbocycles. The van der Waals surface area contributed by atoms with E-state index >= 15 is 0 Å². The van der Waals surface area contributed by atoms with E-state index in [0.717, 1.165) is 0 Å². The highest BCUT2D eigenvalue weighted by Gasteiger charge is 2.28. The largest absolute Gasteiger partial charge is 0.405 e. The zero-order valence-electron chi connectivity index (χ0n) is 13.7. The van der Waals surface area contributed by atoms with Gasteiger partial charge in [-0.3, -0.25) is 4.79 Å². The molecule has 24 heavy (non-hydrogen) atoms. The summed E-state index contributed by atoms with van der Waals surface area (Å²) in [4.78, 5) is 25.2. The number of carbonyl (C=O) groups excluding carboxylic acids is 2. The van der Waals surface area contributed by atoms with E-state index in [4.69, 9.17) is 4.74 Å². The molecule has 1 aromatic carbocycles. The number of hydrogen-bond donors (Lipinski definition) is 2. The Morgan fingerprint density at radius 1 is 1.29 bits per heavy atom. The van der Waals surface area contributed by atoms with Gasteiger partial charge in [0.1, 0.15) is 6.54 Å². The number of hydrogen-bond acceptors (Lipinski definition) is 3. The van der Waals surface area contributed by atoms with Crippen molar-refractivity contribution in [1.29, 1.82) is 0 Å². The van der Waals surface area contributed by atoms with Gasteiger partial charge in [-0.15, -0.1) is 0 Å². The molecule has 0 aliphatic rings. The number of alkyl halides is 3. The SMILES string of the molecule is COCCN(C)C(=O)Nc1cc(C(=O)NCC(F)(F)F)ccc1C. The van der Waals surface area contributed by atoms with E-state index in [-0.39, 0.29) is 5.56 Å². The van der Waals surface area contributed by atoms with E-state index in [1.807, 2.05) is 0 Å². The van der Waals surface area contributed by atoms with Gasteiger partial charge in [0, 0.05) is 32.0 Å². The van der Waals surface area contributed by atoms with Gasteiger partial charge in [-0.2, -0.15) is 13.2 Å². The molecule has 0 spiro atoms. The standard InChI is InChI=1S/C15H20F3N3O3/c1-10-4-5-11(13(22)19-9-15(16,17)18)8-12(10)20-14(23)21(2)6-7-24-3/h4-5,8H,6-7,9H2,1-3H3,(H,19,22)(H,20,23). The van der Waals surface area contributed by atoms with Gasteiger partial charge in [-0.05, 0) is 24.6 Å². The van der Waals surface area contributed by atoms with Crippen LogP contribution in [-0.2, 0) is 4.74 Å². The highest BCUT2D eigenvalue weighted by Crippen LogP contribution is 2.18. The van der Waals surface area contributed by atoms with Crippen LogP contribution in [0.1, 0.15) is 15.9 Å². The molecule has 0 unspecified atom stereocenters. The zero-order valence-corrected chi connectivity index (χ0v) is 13.7. The van der Waals surface area contributed by atoms with E-state index in [2.05, 4.69) is 5.32 Å². The fraction of sp³-hybridized carbons (Fsp3) is 0.467. The molecule has 134 valence electrons. The lowest BCUT2D eigenvalue weighted by Gasteiger charge is -2.18. The molecule has 0 aliphatic heterocycles. The van der Waals surface area contributed by atoms with Crippen molar-refractivity contribution in [2.24, 2.45) is 0 Å². The van der Waals surface area contributed by atoms with Crippen LogP contribution in [0.25, 0.3) is 0 Å². The molecular formula is C15H20F3N3O3. The fourth-order valence-corrected chi connectivity index (χ4v) is 1.72. The minimum atomic E-state index is -4.48. The molecule has 0 bridgehead atoms. The first-order chi connectivity index (χ1) is 11.1. The van der Waals surface area contributed by atoms with Gasteiger partial charge in [0.25, 0.3) is 5.91 Å². The third-order valence-corrected chi connectivity index (χ3v) is 3.17. The number of urea groups is 1. The number of methoxy groups -OCH3 is 1. The second-order valence-corrected chi connectivity index (χ2v) is 5.17. The Balaban J connectivity index is 2.79. The highest BCUT2D eigenvalue weighted by atomic mass is 19.4. The predicted molar refractivity (Wildman–Crippen MR) is 83.1 cm³/mol. The summed E-state index contributed by atoms with van der Waals surface area (Å²) in [7, 11) is 3.09. The average Bonchev–Trinajstić information content (AvgIpc) is 2.51. The maximum Gasteiger partial charge on any atom is 0.405 e. The van der Waals surface area contributed by atoms with Gasteiger partial charge in [0.15, 0.2) is 0 Å². The van der Waals surface area contributed by atoms with Gasteiger partial charge in [0.05, 0.1) is 6.61 Å². The molecule has 3 amide bonds. The quantitative estimate of drug-likeness (QED) is 0.830. The minimum absolute atomic E-state index is 0.0275. The number of rotatable bonds is 6. The van der Waals surface area contributed by atoms with Crippen LogP contribution < -0.4 is 10.6 Å². The van der Waals surface area contributed by atoms with E-state index in [0.29, 0.717) is 24.4 Å². The molecule has 0 atom stereocenters. The summed E-state index contributed by atoms with van der Waals surface area (Å²) in [6.07, 6.45) is -4.48. The molecular weight excluding hydrogens is 327 g/mol. The van der Waals surface area contributed by atoms with Gasteiger partial charge in [-0.1, -0.05) is 6.07 Å². The number of halogens is 3. The Hall–Kier alpha value is -2.29. The van der Waals surface area contributed by atoms with Gasteiger partial charge in [-0.25, -0.2) is 4.79 Å². The number of likely N-dealkylation sites (N-methyl/N-ethyl adjacent to an activating group) is 1. The summed E-state index contributed by atoms with van der Waals surface area (Å²) < 4.78 is 41.3. The molecule has 0 fully saturated rings. The smallest absolute Gasteiger partial charge is 0.383 e. The third kappa shape index (κ3) is 6.45. The average molecular weight is 347 g/mol. The van der Waals surface area contributed by atoms with Crippen LogP contribution in [0.5, 0.6) is 0 Å². The monoisotopic (exact) mass is 347 g/mol. The Morgan fingerprint density at radius 2 is 1.96 bits per heavy atom. The summed E-state index contributed by atoms with van der Waals surface area (Å²) in [5, 5.41) is 4.40. The number of benzene rings is 1. The lowest BCUT2D eigenvalue weighted by atomic mass is 10.1. The Bertz CT molecular complexity index is 591. The number of amides is 3. The van der Waals surface area contributed by atoms with Crippen molar-refractivity contribution in [2.45, 2.75) is 13.1 Å². The Morgan fingerprint density at radius 3 is 2.54 bits per heavy atom. The second kappa shape index (κ2) is 8.53. The summed E-state index contributed by atoms with van der Waals surface area (Å²) in [5.74, 6) is -0.865. The van der Waals surface area contributed by atoms with Crippen molar-refractivity contribution >= 4 is 17.6 Å². The van der Waals surface area contributed by atoms with Crippen LogP contribution in [0.3, 0.4) is 0 Å². The van der Waals surface area contributed by atoms with Crippen LogP contribution in [0.4, 0.5) is 23.7 Å². The first-order valence-corrected chi connectivity index (χ1v) is 7.10. The summed E-state index contributed by atoms with van der Waals surface area (Å²) in [5.41, 5.74) is 1.06. The van der Waals surface area contributed by atoms with Crippen molar-refractivity contribution in [2.75, 3.05) is 39.2 Å². The Labute approximate surface area is 138 Å². The van der Waals surface area contributed by atoms with E-state index < -0.39 is 24.7 Å². The van der Waals surface area contributed by atoms with Gasteiger partial charge in [0.2, 0.25) is 0 Å². The zero-order chi connectivity index (χ0) is 18.3. The van der Waals surface area contributed by atoms with Crippen molar-refractivity contribution in [3.63, 3.8) is 0 Å². The molecule has 1 rings (SSSR count). The summed E-state index contributed by atoms with van der Waals surface area (Å²) >= 11 is 0. The van der Waals surface area contributed by atoms with Crippen LogP contribution in [0.2, 0.25) is 0 Å². The molecule has 0 heterocycles. The maximum atomic E-state index is 12.2. The predicted octanol–water partition coefficient (Wildman–Crippen LogP) is 2.40. The number of anilines is 1. The number of ether oxygens (including phenoxy) is 1. The highest BCUT2D eigenvalue weighted by molar-refractivity contribution is 5.97. The first kappa shape index (κ1) is 19.8. The molecule has 0 saturated heterocycles. The first-order valence-electron chi connectivity index (χ1n) is 7.10. The maximum absolute atomic E-state index is 12.2. The van der Waals surface area contributed by atoms with Crippen molar-refractivity contribution in [3.8, 4) is 0 Å². The molecule has 2 N–H and O–H groups in total. The minimum Gasteiger partial charge on any atom is -0.383 e. The second-order valence-electron chi connectivity index (χ2n) is 5.17. The summed E-state index contributed by atoms with van der Waals surface area (Å²) in [6.45, 7) is 1.03. The van der Waals surface area contributed by atoms with Gasteiger partial charge < -0.3 is 20.3 Å². The topological polar surface area (TPSA) is 70.7 Å². The van der Waals surface area contributed by atoms with Crippen molar-refractivity contribution in [1.82, 2.24) is 10.2 Å². The van der Waals surface area contributed by atoms with E-state index in [1.54, 1.807) is 25.4 Å². The van der Waals surface area contributed by atoms with Crippen molar-refractivity contribution in [3.05, 3.63) is 29.3 Å². The molecule has 9 heteroatoms. The molecule has 0 saturated carbocycles. The van der Waals surface area contributed by atoms with Gasteiger partial charge >= 0.3 is 12.2 Å². The molecule has 0 aromatic heterocycles. The lowest BCUT2D eigenvalue weighted by Crippen LogP contribution is -2.35. The van der Waals surface area contributed by atoms with Crippen LogP contribution >= 0.6 is 0 Å². The number of nitrogens with zero attached hydrogens (tertiary/aromatic N) is 1. The third-order valence-electron chi connectivity index (χ3n) is 3.17. The number of carbonyl (C=O) groups is 2. The fourth-order valence-electron chi connectivity index (χ4n) is 1.72.